The zero-order chi connectivity index (χ0) is 10.8. The Kier molecular flexibility index (Phi) is 2.78. The Balaban J connectivity index is 2.45. The Morgan fingerprint density at radius 2 is 2.07 bits per heavy atom. The highest BCUT2D eigenvalue weighted by molar-refractivity contribution is 5.84. The molecule has 2 rings (SSSR count). The smallest absolute Gasteiger partial charge is 0.0458 e. The number of benzene rings is 1. The van der Waals surface area contributed by atoms with Gasteiger partial charge in [-0.15, -0.1) is 0 Å². The van der Waals surface area contributed by atoms with E-state index in [9.17, 15) is 0 Å². The highest BCUT2D eigenvalue weighted by Gasteiger charge is 2.10. The number of rotatable bonds is 3. The predicted octanol–water partition coefficient (Wildman–Crippen LogP) is 2.76. The highest BCUT2D eigenvalue weighted by Crippen LogP contribution is 2.23. The first-order valence-electron chi connectivity index (χ1n) is 5.54. The average Bonchev–Trinajstić information content (AvgIpc) is 2.55. The molecule has 0 unspecified atom stereocenters. The van der Waals surface area contributed by atoms with E-state index in [-0.39, 0.29) is 6.04 Å². The number of hydrogen-bond donors (Lipinski definition) is 2. The maximum atomic E-state index is 6.01. The molecular formula is C13H18N2. The van der Waals surface area contributed by atoms with Crippen LogP contribution in [0.25, 0.3) is 10.9 Å². The first-order valence-corrected chi connectivity index (χ1v) is 5.54. The zero-order valence-electron chi connectivity index (χ0n) is 9.38. The molecule has 0 fully saturated rings. The molecule has 1 atom stereocenters. The molecule has 2 heteroatoms. The van der Waals surface area contributed by atoms with Crippen LogP contribution in [0, 0.1) is 6.92 Å². The van der Waals surface area contributed by atoms with Crippen molar-refractivity contribution in [2.75, 3.05) is 0 Å². The molecule has 0 aliphatic heterocycles. The fourth-order valence-corrected chi connectivity index (χ4v) is 2.00. The van der Waals surface area contributed by atoms with E-state index in [0.717, 1.165) is 12.8 Å². The van der Waals surface area contributed by atoms with E-state index in [1.54, 1.807) is 0 Å². The van der Waals surface area contributed by atoms with Crippen LogP contribution in [-0.2, 0) is 6.42 Å². The van der Waals surface area contributed by atoms with E-state index >= 15 is 0 Å². The minimum absolute atomic E-state index is 0.267. The van der Waals surface area contributed by atoms with Crippen molar-refractivity contribution in [1.82, 2.24) is 4.98 Å². The third kappa shape index (κ3) is 1.90. The van der Waals surface area contributed by atoms with Gasteiger partial charge in [0.15, 0.2) is 0 Å². The number of nitrogens with one attached hydrogen (secondary N) is 1. The summed E-state index contributed by atoms with van der Waals surface area (Å²) in [7, 11) is 0. The number of hydrogen-bond acceptors (Lipinski definition) is 1. The first kappa shape index (κ1) is 10.2. The van der Waals surface area contributed by atoms with E-state index in [1.165, 1.54) is 22.2 Å². The number of para-hydroxylation sites is 1. The summed E-state index contributed by atoms with van der Waals surface area (Å²) in [5.74, 6) is 0. The van der Waals surface area contributed by atoms with Gasteiger partial charge in [0.2, 0.25) is 0 Å². The quantitative estimate of drug-likeness (QED) is 0.789. The molecule has 0 aliphatic carbocycles. The molecule has 3 N–H and O–H groups in total. The molecule has 0 aliphatic rings. The lowest BCUT2D eigenvalue weighted by atomic mass is 10.0. The molecule has 80 valence electrons. The second-order valence-electron chi connectivity index (χ2n) is 4.15. The van der Waals surface area contributed by atoms with Gasteiger partial charge < -0.3 is 10.7 Å². The van der Waals surface area contributed by atoms with Gasteiger partial charge in [-0.25, -0.2) is 0 Å². The van der Waals surface area contributed by atoms with E-state index in [0.29, 0.717) is 0 Å². The largest absolute Gasteiger partial charge is 0.358 e. The van der Waals surface area contributed by atoms with E-state index < -0.39 is 0 Å². The van der Waals surface area contributed by atoms with Crippen molar-refractivity contribution in [1.29, 1.82) is 0 Å². The molecule has 2 nitrogen and oxygen atoms in total. The lowest BCUT2D eigenvalue weighted by Gasteiger charge is -2.08. The predicted molar refractivity (Wildman–Crippen MR) is 65.0 cm³/mol. The van der Waals surface area contributed by atoms with Gasteiger partial charge in [-0.3, -0.25) is 0 Å². The van der Waals surface area contributed by atoms with Crippen molar-refractivity contribution in [2.24, 2.45) is 5.73 Å². The molecule has 1 aromatic carbocycles. The molecule has 0 bridgehead atoms. The average molecular weight is 202 g/mol. The molecule has 15 heavy (non-hydrogen) atoms. The van der Waals surface area contributed by atoms with Crippen LogP contribution in [0.2, 0.25) is 0 Å². The summed E-state index contributed by atoms with van der Waals surface area (Å²) in [6, 6.07) is 8.68. The van der Waals surface area contributed by atoms with Gasteiger partial charge in [-0.05, 0) is 31.4 Å². The summed E-state index contributed by atoms with van der Waals surface area (Å²) in [6.07, 6.45) is 1.99. The summed E-state index contributed by atoms with van der Waals surface area (Å²) in [4.78, 5) is 3.40. The van der Waals surface area contributed by atoms with Crippen LogP contribution in [0.5, 0.6) is 0 Å². The topological polar surface area (TPSA) is 41.8 Å². The molecule has 2 aromatic rings. The molecule has 0 radical (unpaired) electrons. The minimum Gasteiger partial charge on any atom is -0.358 e. The lowest BCUT2D eigenvalue weighted by Crippen LogP contribution is -2.21. The van der Waals surface area contributed by atoms with Crippen molar-refractivity contribution in [3.05, 3.63) is 35.5 Å². The van der Waals surface area contributed by atoms with Crippen molar-refractivity contribution < 1.29 is 0 Å². The number of aryl methyl sites for hydroxylation is 1. The second-order valence-corrected chi connectivity index (χ2v) is 4.15. The van der Waals surface area contributed by atoms with Crippen molar-refractivity contribution in [2.45, 2.75) is 32.7 Å². The van der Waals surface area contributed by atoms with Gasteiger partial charge in [-0.2, -0.15) is 0 Å². The van der Waals surface area contributed by atoms with E-state index in [2.05, 4.69) is 43.1 Å². The van der Waals surface area contributed by atoms with Gasteiger partial charge in [0.25, 0.3) is 0 Å². The van der Waals surface area contributed by atoms with Crippen molar-refractivity contribution >= 4 is 10.9 Å². The third-order valence-electron chi connectivity index (χ3n) is 3.02. The van der Waals surface area contributed by atoms with E-state index in [4.69, 9.17) is 5.73 Å². The molecule has 0 saturated heterocycles. The van der Waals surface area contributed by atoms with Crippen LogP contribution in [0.15, 0.2) is 24.3 Å². The maximum absolute atomic E-state index is 6.01. The van der Waals surface area contributed by atoms with Gasteiger partial charge in [0, 0.05) is 22.6 Å². The number of fused-ring (bicyclic) bond motifs is 1. The van der Waals surface area contributed by atoms with Crippen LogP contribution in [0.1, 0.15) is 24.6 Å². The van der Waals surface area contributed by atoms with Crippen LogP contribution in [0.3, 0.4) is 0 Å². The summed E-state index contributed by atoms with van der Waals surface area (Å²) < 4.78 is 0. The molecule has 1 heterocycles. The maximum Gasteiger partial charge on any atom is 0.0458 e. The van der Waals surface area contributed by atoms with Gasteiger partial charge in [0.1, 0.15) is 0 Å². The summed E-state index contributed by atoms with van der Waals surface area (Å²) in [6.45, 7) is 4.26. The van der Waals surface area contributed by atoms with Gasteiger partial charge >= 0.3 is 0 Å². The number of nitrogens with two attached hydrogens (primary N) is 1. The Hall–Kier alpha value is -1.28. The second kappa shape index (κ2) is 4.07. The summed E-state index contributed by atoms with van der Waals surface area (Å²) in [5, 5.41) is 1.32. The van der Waals surface area contributed by atoms with Gasteiger partial charge in [0.05, 0.1) is 0 Å². The van der Waals surface area contributed by atoms with Crippen molar-refractivity contribution in [3.8, 4) is 0 Å². The summed E-state index contributed by atoms with van der Waals surface area (Å²) in [5.41, 5.74) is 9.85. The molecule has 0 spiro atoms. The molecule has 0 saturated carbocycles. The fraction of sp³-hybridized carbons (Fsp3) is 0.385. The SMILES string of the molecule is CC[C@H](N)Cc1c(C)[nH]c2ccccc12. The van der Waals surface area contributed by atoms with Gasteiger partial charge in [-0.1, -0.05) is 25.1 Å². The number of aromatic amines is 1. The Morgan fingerprint density at radius 1 is 1.33 bits per heavy atom. The van der Waals surface area contributed by atoms with Crippen LogP contribution in [-0.4, -0.2) is 11.0 Å². The first-order chi connectivity index (χ1) is 7.22. The summed E-state index contributed by atoms with van der Waals surface area (Å²) >= 11 is 0. The minimum atomic E-state index is 0.267. The Morgan fingerprint density at radius 3 is 2.80 bits per heavy atom. The van der Waals surface area contributed by atoms with Crippen LogP contribution < -0.4 is 5.73 Å². The monoisotopic (exact) mass is 202 g/mol. The Bertz CT molecular complexity index is 457. The van der Waals surface area contributed by atoms with Crippen LogP contribution in [0.4, 0.5) is 0 Å². The lowest BCUT2D eigenvalue weighted by molar-refractivity contribution is 0.646. The number of aromatic nitrogens is 1. The van der Waals surface area contributed by atoms with Crippen molar-refractivity contribution in [3.63, 3.8) is 0 Å². The van der Waals surface area contributed by atoms with E-state index in [1.807, 2.05) is 0 Å². The number of H-pyrrole nitrogens is 1. The normalized spacial score (nSPS) is 13.3. The highest BCUT2D eigenvalue weighted by atomic mass is 14.7. The molecular weight excluding hydrogens is 184 g/mol. The Labute approximate surface area is 90.5 Å². The molecule has 1 aromatic heterocycles. The fourth-order valence-electron chi connectivity index (χ4n) is 2.00. The molecule has 0 amide bonds. The standard InChI is InChI=1S/C13H18N2/c1-3-10(14)8-12-9(2)15-13-7-5-4-6-11(12)13/h4-7,10,15H,3,8,14H2,1-2H3/t10-/m0/s1. The third-order valence-corrected chi connectivity index (χ3v) is 3.02. The zero-order valence-corrected chi connectivity index (χ0v) is 9.38. The van der Waals surface area contributed by atoms with Crippen LogP contribution >= 0.6 is 0 Å².